The molecule has 84 heavy (non-hydrogen) atoms. The van der Waals surface area contributed by atoms with Crippen LogP contribution >= 0.6 is 0 Å². The number of rotatable bonds is 68. The van der Waals surface area contributed by atoms with Crippen molar-refractivity contribution >= 4 is 17.7 Å². The molecule has 0 saturated heterocycles. The molecule has 0 aromatic carbocycles. The van der Waals surface area contributed by atoms with Gasteiger partial charge in [-0.25, -0.2) is 0 Å². The van der Waals surface area contributed by atoms with Crippen molar-refractivity contribution in [3.8, 4) is 0 Å². The second kappa shape index (κ2) is 75.4. The number of aliphatic hydroxyl groups is 3. The molecule has 504 valence electrons. The van der Waals surface area contributed by atoms with Crippen LogP contribution in [0.15, 0.2) is 0 Å². The topological polar surface area (TPSA) is 170 Å². The van der Waals surface area contributed by atoms with Crippen LogP contribution in [0.2, 0.25) is 0 Å². The lowest BCUT2D eigenvalue weighted by atomic mass is 10.0. The Bertz CT molecular complexity index is 1220. The minimum absolute atomic E-state index is 0. The van der Waals surface area contributed by atoms with E-state index in [0.717, 1.165) is 78.0 Å². The molecule has 0 unspecified atom stereocenters. The van der Waals surface area contributed by atoms with E-state index in [0.29, 0.717) is 58.5 Å². The lowest BCUT2D eigenvalue weighted by Gasteiger charge is -2.26. The van der Waals surface area contributed by atoms with Gasteiger partial charge in [-0.15, -0.1) is 0 Å². The van der Waals surface area contributed by atoms with E-state index in [1.807, 2.05) is 4.90 Å². The lowest BCUT2D eigenvalue weighted by molar-refractivity contribution is -0.122. The average molecular weight is 1200 g/mol. The molecule has 7 N–H and O–H groups in total. The van der Waals surface area contributed by atoms with Gasteiger partial charge in [0.1, 0.15) is 0 Å². The highest BCUT2D eigenvalue weighted by Gasteiger charge is 2.14. The molecule has 0 radical (unpaired) electrons. The zero-order valence-electron chi connectivity index (χ0n) is 56.0. The fourth-order valence-electron chi connectivity index (χ4n) is 11.0. The Morgan fingerprint density at radius 2 is 0.488 bits per heavy atom. The summed E-state index contributed by atoms with van der Waals surface area (Å²) in [5, 5.41) is 40.4. The fraction of sp³-hybridized carbons (Fsp3) is 0.958. The molecule has 0 saturated carbocycles. The normalized spacial score (nSPS) is 11.4. The van der Waals surface area contributed by atoms with Crippen molar-refractivity contribution < 1.29 is 29.7 Å². The molecular weight excluding hydrogens is 1050 g/mol. The van der Waals surface area contributed by atoms with Gasteiger partial charge in [0.25, 0.3) is 0 Å². The van der Waals surface area contributed by atoms with Crippen LogP contribution in [-0.2, 0) is 14.4 Å². The van der Waals surface area contributed by atoms with Crippen LogP contribution in [0.4, 0.5) is 0 Å². The van der Waals surface area contributed by atoms with E-state index in [4.69, 9.17) is 5.11 Å². The van der Waals surface area contributed by atoms with Gasteiger partial charge >= 0.3 is 0 Å². The molecule has 0 spiro atoms. The van der Waals surface area contributed by atoms with Crippen molar-refractivity contribution in [1.82, 2.24) is 36.0 Å². The molecule has 0 aliphatic rings. The van der Waals surface area contributed by atoms with E-state index >= 15 is 0 Å². The Kier molecular flexibility index (Phi) is 77.5. The van der Waals surface area contributed by atoms with Crippen LogP contribution in [0, 0.1) is 0 Å². The minimum Gasteiger partial charge on any atom is -0.395 e. The zero-order chi connectivity index (χ0) is 60.8. The second-order valence-electron chi connectivity index (χ2n) is 24.5. The van der Waals surface area contributed by atoms with Crippen LogP contribution in [0.3, 0.4) is 0 Å². The Labute approximate surface area is 523 Å². The Morgan fingerprint density at radius 3 is 0.750 bits per heavy atom. The van der Waals surface area contributed by atoms with E-state index in [-0.39, 0.29) is 45.0 Å². The molecular formula is C71H149N7O6. The molecule has 0 bridgehead atoms. The van der Waals surface area contributed by atoms with Crippen molar-refractivity contribution in [2.45, 2.75) is 330 Å². The number of carbonyl (C=O) groups excluding carboxylic acids is 3. The molecule has 0 rings (SSSR count). The van der Waals surface area contributed by atoms with Gasteiger partial charge in [0, 0.05) is 104 Å². The summed E-state index contributed by atoms with van der Waals surface area (Å²) >= 11 is 0. The van der Waals surface area contributed by atoms with Crippen LogP contribution < -0.4 is 21.3 Å². The van der Waals surface area contributed by atoms with Crippen LogP contribution in [-0.4, -0.2) is 159 Å². The first-order chi connectivity index (χ1) is 40.8. The summed E-state index contributed by atoms with van der Waals surface area (Å²) in [5.41, 5.74) is 0. The molecule has 0 heterocycles. The van der Waals surface area contributed by atoms with Crippen molar-refractivity contribution in [2.24, 2.45) is 0 Å². The average Bonchev–Trinajstić information content (AvgIpc) is 3.48. The number of unbranched alkanes of at least 4 members (excludes halogenated alkanes) is 39. The molecule has 0 atom stereocenters. The molecule has 0 aromatic rings. The first-order valence-corrected chi connectivity index (χ1v) is 36.3. The highest BCUT2D eigenvalue weighted by atomic mass is 16.3. The molecule has 0 aromatic heterocycles. The first-order valence-electron chi connectivity index (χ1n) is 36.3. The lowest BCUT2D eigenvalue weighted by Crippen LogP contribution is -2.41. The summed E-state index contributed by atoms with van der Waals surface area (Å²) in [5.74, 6) is 0.303. The van der Waals surface area contributed by atoms with Crippen LogP contribution in [0.25, 0.3) is 0 Å². The van der Waals surface area contributed by atoms with Gasteiger partial charge in [-0.2, -0.15) is 0 Å². The summed E-state index contributed by atoms with van der Waals surface area (Å²) in [6.45, 7) is 19.4. The summed E-state index contributed by atoms with van der Waals surface area (Å²) in [6.07, 6.45) is 58.7. The zero-order valence-corrected chi connectivity index (χ0v) is 56.0. The number of hydrogen-bond acceptors (Lipinski definition) is 10. The highest BCUT2D eigenvalue weighted by Crippen LogP contribution is 2.16. The summed E-state index contributed by atoms with van der Waals surface area (Å²) in [7, 11) is 0. The standard InChI is InChI=1S/C44H90N4O4.C26H55N3O2.CH4/c1-3-5-7-9-11-13-15-17-19-21-23-25-27-29-33-45-43(51)31-35-47(37-38-48(39-41-49)40-42-50)36-32-44(52)46-34-30-28-26-24-22-20-18-16-14-12-10-8-6-4-2;1-3-5-6-7-8-9-10-11-12-13-14-15-16-17-19-28-26(31)18-20-27-21-23-29(22-4-2)24-25-30;/h49-50H,3-42H2,1-2H3,(H,45,51)(H,46,52);27,30H,3-25H2,1-2H3,(H,28,31);1H4. The number of aliphatic hydroxyl groups excluding tert-OH is 3. The quantitative estimate of drug-likeness (QED) is 0.0291. The van der Waals surface area contributed by atoms with E-state index in [9.17, 15) is 24.6 Å². The molecule has 0 fully saturated rings. The molecule has 13 heteroatoms. The van der Waals surface area contributed by atoms with Gasteiger partial charge in [-0.3, -0.25) is 24.2 Å². The van der Waals surface area contributed by atoms with Gasteiger partial charge in [0.05, 0.1) is 19.8 Å². The number of hydrogen-bond donors (Lipinski definition) is 7. The van der Waals surface area contributed by atoms with Gasteiger partial charge < -0.3 is 41.5 Å². The monoisotopic (exact) mass is 1200 g/mol. The predicted octanol–water partition coefficient (Wildman–Crippen LogP) is 15.5. The third-order valence-electron chi connectivity index (χ3n) is 16.5. The third kappa shape index (κ3) is 70.9. The molecule has 0 aliphatic heterocycles. The smallest absolute Gasteiger partial charge is 0.221 e. The van der Waals surface area contributed by atoms with Crippen LogP contribution in [0.1, 0.15) is 330 Å². The van der Waals surface area contributed by atoms with Crippen molar-refractivity contribution in [3.05, 3.63) is 0 Å². The number of nitrogens with one attached hydrogen (secondary N) is 4. The molecule has 13 nitrogen and oxygen atoms in total. The van der Waals surface area contributed by atoms with Crippen molar-refractivity contribution in [2.75, 3.05) is 111 Å². The van der Waals surface area contributed by atoms with Crippen LogP contribution in [0.5, 0.6) is 0 Å². The van der Waals surface area contributed by atoms with E-state index in [1.165, 1.54) is 250 Å². The highest BCUT2D eigenvalue weighted by molar-refractivity contribution is 5.77. The minimum atomic E-state index is 0. The summed E-state index contributed by atoms with van der Waals surface area (Å²) in [4.78, 5) is 43.6. The van der Waals surface area contributed by atoms with Crippen molar-refractivity contribution in [3.63, 3.8) is 0 Å². The maximum Gasteiger partial charge on any atom is 0.221 e. The Hall–Kier alpha value is -1.87. The fourth-order valence-corrected chi connectivity index (χ4v) is 11.0. The van der Waals surface area contributed by atoms with Crippen molar-refractivity contribution in [1.29, 1.82) is 0 Å². The summed E-state index contributed by atoms with van der Waals surface area (Å²) in [6, 6.07) is 0. The largest absolute Gasteiger partial charge is 0.395 e. The number of carbonyl (C=O) groups is 3. The number of amides is 3. The van der Waals surface area contributed by atoms with E-state index < -0.39 is 0 Å². The third-order valence-corrected chi connectivity index (χ3v) is 16.5. The number of nitrogens with zero attached hydrogens (tertiary/aromatic N) is 3. The Balaban J connectivity index is -0.00000175. The van der Waals surface area contributed by atoms with E-state index in [1.54, 1.807) is 0 Å². The summed E-state index contributed by atoms with van der Waals surface area (Å²) < 4.78 is 0. The predicted molar refractivity (Wildman–Crippen MR) is 364 cm³/mol. The second-order valence-corrected chi connectivity index (χ2v) is 24.5. The molecule has 3 amide bonds. The SMILES string of the molecule is C.CCCCCCCCCCCCCCCCNC(=O)CCN(CCC(=O)NCCCCCCCCCCCCCCCC)CCN(CCO)CCO.CCCCCCCCCCCCCCCCNC(=O)CCNCCN(CCC)CCO. The first kappa shape index (κ1) is 86.3. The Morgan fingerprint density at radius 1 is 0.250 bits per heavy atom. The van der Waals surface area contributed by atoms with Gasteiger partial charge in [0.15, 0.2) is 0 Å². The van der Waals surface area contributed by atoms with E-state index in [2.05, 4.69) is 58.8 Å². The van der Waals surface area contributed by atoms with Gasteiger partial charge in [-0.1, -0.05) is 286 Å². The maximum atomic E-state index is 12.6. The maximum absolute atomic E-state index is 12.6. The van der Waals surface area contributed by atoms with Gasteiger partial charge in [0.2, 0.25) is 17.7 Å². The van der Waals surface area contributed by atoms with Gasteiger partial charge in [-0.05, 0) is 32.2 Å². The molecule has 0 aliphatic carbocycles.